The van der Waals surface area contributed by atoms with Crippen LogP contribution in [-0.2, 0) is 12.0 Å². The molecule has 1 aromatic rings. The summed E-state index contributed by atoms with van der Waals surface area (Å²) in [5.41, 5.74) is 2.33. The van der Waals surface area contributed by atoms with Gasteiger partial charge >= 0.3 is 0 Å². The minimum absolute atomic E-state index is 0.163. The maximum atomic E-state index is 9.94. The van der Waals surface area contributed by atoms with Crippen LogP contribution < -0.4 is 5.32 Å². The Labute approximate surface area is 123 Å². The number of hydrogen-bond acceptors (Lipinski definition) is 3. The Balaban J connectivity index is 2.17. The molecule has 112 valence electrons. The molecule has 3 heteroatoms. The molecule has 0 aromatic heterocycles. The molecule has 20 heavy (non-hydrogen) atoms. The number of benzene rings is 1. The second-order valence-corrected chi connectivity index (χ2v) is 6.46. The maximum absolute atomic E-state index is 9.94. The van der Waals surface area contributed by atoms with Crippen molar-refractivity contribution in [3.8, 4) is 0 Å². The van der Waals surface area contributed by atoms with Gasteiger partial charge in [-0.25, -0.2) is 0 Å². The van der Waals surface area contributed by atoms with Crippen LogP contribution in [0.3, 0.4) is 0 Å². The molecular formula is C17H28N2O. The molecule has 2 rings (SSSR count). The summed E-state index contributed by atoms with van der Waals surface area (Å²) in [5.74, 6) is 0.679. The summed E-state index contributed by atoms with van der Waals surface area (Å²) in [4.78, 5) is 2.39. The Morgan fingerprint density at radius 1 is 1.20 bits per heavy atom. The number of aliphatic hydroxyl groups excluding tert-OH is 1. The quantitative estimate of drug-likeness (QED) is 0.863. The van der Waals surface area contributed by atoms with E-state index in [1.165, 1.54) is 11.1 Å². The van der Waals surface area contributed by atoms with Crippen molar-refractivity contribution in [2.75, 3.05) is 32.8 Å². The second kappa shape index (κ2) is 6.70. The van der Waals surface area contributed by atoms with Crippen LogP contribution in [0.2, 0.25) is 0 Å². The molecule has 1 aromatic carbocycles. The number of nitrogens with one attached hydrogen (secondary N) is 1. The lowest BCUT2D eigenvalue weighted by atomic mass is 9.88. The first-order valence-corrected chi connectivity index (χ1v) is 7.72. The van der Waals surface area contributed by atoms with E-state index >= 15 is 0 Å². The van der Waals surface area contributed by atoms with E-state index < -0.39 is 0 Å². The van der Waals surface area contributed by atoms with Gasteiger partial charge in [-0.2, -0.15) is 0 Å². The first-order chi connectivity index (χ1) is 9.56. The molecule has 2 N–H and O–H groups in total. The van der Waals surface area contributed by atoms with Crippen molar-refractivity contribution < 1.29 is 5.11 Å². The third-order valence-electron chi connectivity index (χ3n) is 4.34. The molecule has 1 aliphatic heterocycles. The predicted molar refractivity (Wildman–Crippen MR) is 83.9 cm³/mol. The van der Waals surface area contributed by atoms with E-state index in [-0.39, 0.29) is 12.1 Å². The molecule has 0 saturated carbocycles. The summed E-state index contributed by atoms with van der Waals surface area (Å²) in [5, 5.41) is 13.3. The number of aliphatic hydroxyl groups is 1. The van der Waals surface area contributed by atoms with Crippen LogP contribution in [0.4, 0.5) is 0 Å². The second-order valence-electron chi connectivity index (χ2n) is 6.46. The summed E-state index contributed by atoms with van der Waals surface area (Å²) in [6.45, 7) is 10.8. The van der Waals surface area contributed by atoms with Gasteiger partial charge < -0.3 is 10.4 Å². The lowest BCUT2D eigenvalue weighted by Crippen LogP contribution is -2.54. The highest BCUT2D eigenvalue weighted by molar-refractivity contribution is 5.29. The van der Waals surface area contributed by atoms with Gasteiger partial charge in [0.05, 0.1) is 12.1 Å². The van der Waals surface area contributed by atoms with Crippen molar-refractivity contribution >= 4 is 0 Å². The van der Waals surface area contributed by atoms with Crippen molar-refractivity contribution in [1.29, 1.82) is 0 Å². The molecule has 1 aliphatic rings. The Hall–Kier alpha value is -0.900. The zero-order valence-corrected chi connectivity index (χ0v) is 13.0. The standard InChI is InChI=1S/C17H28N2O/c1-14(2)12-15-4-6-16(7-5-15)17(3,13-20)19-10-8-18-9-11-19/h4-7,14,18,20H,8-13H2,1-3H3. The van der Waals surface area contributed by atoms with E-state index in [0.717, 1.165) is 32.6 Å². The van der Waals surface area contributed by atoms with Crippen LogP contribution >= 0.6 is 0 Å². The topological polar surface area (TPSA) is 35.5 Å². The average molecular weight is 276 g/mol. The predicted octanol–water partition coefficient (Wildman–Crippen LogP) is 2.00. The highest BCUT2D eigenvalue weighted by Crippen LogP contribution is 2.28. The molecule has 0 bridgehead atoms. The Kier molecular flexibility index (Phi) is 5.19. The van der Waals surface area contributed by atoms with Crippen LogP contribution in [0.1, 0.15) is 31.9 Å². The van der Waals surface area contributed by atoms with Gasteiger partial charge in [-0.1, -0.05) is 38.1 Å². The van der Waals surface area contributed by atoms with Crippen molar-refractivity contribution in [3.05, 3.63) is 35.4 Å². The summed E-state index contributed by atoms with van der Waals surface area (Å²) in [7, 11) is 0. The zero-order valence-electron chi connectivity index (χ0n) is 13.0. The highest BCUT2D eigenvalue weighted by Gasteiger charge is 2.33. The molecule has 0 radical (unpaired) electrons. The first-order valence-electron chi connectivity index (χ1n) is 7.72. The Bertz CT molecular complexity index is 410. The van der Waals surface area contributed by atoms with Crippen molar-refractivity contribution in [1.82, 2.24) is 10.2 Å². The fourth-order valence-electron chi connectivity index (χ4n) is 3.00. The van der Waals surface area contributed by atoms with Gasteiger partial charge in [0.2, 0.25) is 0 Å². The summed E-state index contributed by atoms with van der Waals surface area (Å²) >= 11 is 0. The van der Waals surface area contributed by atoms with E-state index in [1.54, 1.807) is 0 Å². The third kappa shape index (κ3) is 3.40. The molecule has 1 unspecified atom stereocenters. The molecule has 0 aliphatic carbocycles. The summed E-state index contributed by atoms with van der Waals surface area (Å²) in [6, 6.07) is 8.81. The molecule has 1 heterocycles. The number of nitrogens with zero attached hydrogens (tertiary/aromatic N) is 1. The van der Waals surface area contributed by atoms with Gasteiger partial charge in [0.25, 0.3) is 0 Å². The fraction of sp³-hybridized carbons (Fsp3) is 0.647. The molecule has 1 saturated heterocycles. The van der Waals surface area contributed by atoms with Crippen LogP contribution in [-0.4, -0.2) is 42.8 Å². The van der Waals surface area contributed by atoms with Crippen LogP contribution in [0.15, 0.2) is 24.3 Å². The van der Waals surface area contributed by atoms with E-state index in [1.807, 2.05) is 0 Å². The van der Waals surface area contributed by atoms with Gasteiger partial charge in [0, 0.05) is 26.2 Å². The first kappa shape index (κ1) is 15.5. The zero-order chi connectivity index (χ0) is 14.6. The summed E-state index contributed by atoms with van der Waals surface area (Å²) < 4.78 is 0. The van der Waals surface area contributed by atoms with E-state index in [0.29, 0.717) is 5.92 Å². The van der Waals surface area contributed by atoms with E-state index in [9.17, 15) is 5.11 Å². The van der Waals surface area contributed by atoms with Crippen molar-refractivity contribution in [2.45, 2.75) is 32.7 Å². The molecule has 3 nitrogen and oxygen atoms in total. The fourth-order valence-corrected chi connectivity index (χ4v) is 3.00. The molecule has 1 fully saturated rings. The Morgan fingerprint density at radius 2 is 1.80 bits per heavy atom. The van der Waals surface area contributed by atoms with Gasteiger partial charge in [0.15, 0.2) is 0 Å². The minimum atomic E-state index is -0.265. The van der Waals surface area contributed by atoms with Crippen molar-refractivity contribution in [3.63, 3.8) is 0 Å². The molecule has 1 atom stereocenters. The van der Waals surface area contributed by atoms with Gasteiger partial charge in [-0.15, -0.1) is 0 Å². The minimum Gasteiger partial charge on any atom is -0.394 e. The third-order valence-corrected chi connectivity index (χ3v) is 4.34. The van der Waals surface area contributed by atoms with Crippen LogP contribution in [0, 0.1) is 5.92 Å². The average Bonchev–Trinajstić information content (AvgIpc) is 2.47. The highest BCUT2D eigenvalue weighted by atomic mass is 16.3. The van der Waals surface area contributed by atoms with Gasteiger partial charge in [0.1, 0.15) is 0 Å². The number of rotatable bonds is 5. The monoisotopic (exact) mass is 276 g/mol. The molecule has 0 spiro atoms. The molecular weight excluding hydrogens is 248 g/mol. The Morgan fingerprint density at radius 3 is 2.30 bits per heavy atom. The SMILES string of the molecule is CC(C)Cc1ccc(C(C)(CO)N2CCNCC2)cc1. The lowest BCUT2D eigenvalue weighted by Gasteiger charge is -2.43. The lowest BCUT2D eigenvalue weighted by molar-refractivity contribution is 0.0311. The maximum Gasteiger partial charge on any atom is 0.0666 e. The van der Waals surface area contributed by atoms with Crippen LogP contribution in [0.5, 0.6) is 0 Å². The smallest absolute Gasteiger partial charge is 0.0666 e. The van der Waals surface area contributed by atoms with E-state index in [4.69, 9.17) is 0 Å². The number of piperazine rings is 1. The normalized spacial score (nSPS) is 20.1. The van der Waals surface area contributed by atoms with Gasteiger partial charge in [-0.3, -0.25) is 4.90 Å². The molecule has 0 amide bonds. The largest absolute Gasteiger partial charge is 0.394 e. The van der Waals surface area contributed by atoms with Crippen LogP contribution in [0.25, 0.3) is 0 Å². The number of hydrogen-bond donors (Lipinski definition) is 2. The van der Waals surface area contributed by atoms with Crippen molar-refractivity contribution in [2.24, 2.45) is 5.92 Å². The van der Waals surface area contributed by atoms with E-state index in [2.05, 4.69) is 55.3 Å². The van der Waals surface area contributed by atoms with Gasteiger partial charge in [-0.05, 0) is 30.4 Å². The summed E-state index contributed by atoms with van der Waals surface area (Å²) in [6.07, 6.45) is 1.11.